The van der Waals surface area contributed by atoms with Crippen LogP contribution in [0.15, 0.2) is 41.2 Å². The van der Waals surface area contributed by atoms with Gasteiger partial charge < -0.3 is 24.8 Å². The fourth-order valence-electron chi connectivity index (χ4n) is 4.03. The maximum absolute atomic E-state index is 13.5. The standard InChI is InChI=1S/C27H30N2O7/c1-14-7-9-17(11-15(14)2)20-18-10-8-16(13-28-23(30)26(34)35)12-19(18)24(31)29(6)21(20)22(25(32)33)36-27(3,4)5/h7-12,22H,13H2,1-6H3,(H,28,30)(H,32,33)(H,34,35). The molecule has 1 aromatic heterocycles. The van der Waals surface area contributed by atoms with Gasteiger partial charge in [0.1, 0.15) is 0 Å². The summed E-state index contributed by atoms with van der Waals surface area (Å²) >= 11 is 0. The van der Waals surface area contributed by atoms with E-state index in [1.54, 1.807) is 39.0 Å². The number of hydrogen-bond acceptors (Lipinski definition) is 5. The molecule has 2 aromatic carbocycles. The second-order valence-corrected chi connectivity index (χ2v) is 9.74. The van der Waals surface area contributed by atoms with Crippen LogP contribution in [0.2, 0.25) is 0 Å². The minimum absolute atomic E-state index is 0.0875. The molecule has 0 spiro atoms. The largest absolute Gasteiger partial charge is 0.479 e. The average molecular weight is 495 g/mol. The maximum Gasteiger partial charge on any atom is 0.394 e. The van der Waals surface area contributed by atoms with E-state index in [1.165, 1.54) is 11.6 Å². The number of rotatable bonds is 6. The first-order valence-corrected chi connectivity index (χ1v) is 11.4. The van der Waals surface area contributed by atoms with Crippen molar-refractivity contribution in [3.05, 3.63) is 69.1 Å². The number of aryl methyl sites for hydroxylation is 2. The SMILES string of the molecule is Cc1ccc(-c2c(C(OC(C)(C)C)C(=O)O)n(C)c(=O)c3cc(CNC(=O)C(=O)O)ccc23)cc1C. The molecule has 0 aliphatic heterocycles. The summed E-state index contributed by atoms with van der Waals surface area (Å²) in [5.74, 6) is -3.98. The average Bonchev–Trinajstić information content (AvgIpc) is 2.79. The summed E-state index contributed by atoms with van der Waals surface area (Å²) in [6.45, 7) is 9.07. The van der Waals surface area contributed by atoms with E-state index in [9.17, 15) is 24.3 Å². The van der Waals surface area contributed by atoms with E-state index in [-0.39, 0.29) is 12.2 Å². The molecule has 9 heteroatoms. The first kappa shape index (κ1) is 26.6. The van der Waals surface area contributed by atoms with E-state index in [4.69, 9.17) is 9.84 Å². The van der Waals surface area contributed by atoms with Crippen molar-refractivity contribution < 1.29 is 29.3 Å². The number of benzene rings is 2. The van der Waals surface area contributed by atoms with E-state index in [0.717, 1.165) is 16.7 Å². The highest BCUT2D eigenvalue weighted by atomic mass is 16.5. The lowest BCUT2D eigenvalue weighted by Crippen LogP contribution is -2.33. The van der Waals surface area contributed by atoms with Crippen molar-refractivity contribution in [1.29, 1.82) is 0 Å². The quantitative estimate of drug-likeness (QED) is 0.447. The third-order valence-corrected chi connectivity index (χ3v) is 5.89. The van der Waals surface area contributed by atoms with Crippen molar-refractivity contribution in [1.82, 2.24) is 9.88 Å². The Morgan fingerprint density at radius 3 is 2.22 bits per heavy atom. The molecule has 3 aromatic rings. The zero-order valence-corrected chi connectivity index (χ0v) is 21.1. The molecule has 3 rings (SSSR count). The third-order valence-electron chi connectivity index (χ3n) is 5.89. The predicted octanol–water partition coefficient (Wildman–Crippen LogP) is 3.46. The first-order valence-electron chi connectivity index (χ1n) is 11.4. The fraction of sp³-hybridized carbons (Fsp3) is 0.333. The molecule has 3 N–H and O–H groups in total. The molecule has 0 fully saturated rings. The molecule has 0 saturated heterocycles. The van der Waals surface area contributed by atoms with Gasteiger partial charge in [-0.3, -0.25) is 9.59 Å². The number of carboxylic acids is 2. The summed E-state index contributed by atoms with van der Waals surface area (Å²) < 4.78 is 7.22. The molecule has 1 heterocycles. The zero-order valence-electron chi connectivity index (χ0n) is 21.1. The number of nitrogens with one attached hydrogen (secondary N) is 1. The number of nitrogens with zero attached hydrogens (tertiary/aromatic N) is 1. The molecule has 0 saturated carbocycles. The number of carbonyl (C=O) groups is 3. The van der Waals surface area contributed by atoms with E-state index >= 15 is 0 Å². The molecule has 190 valence electrons. The van der Waals surface area contributed by atoms with Gasteiger partial charge >= 0.3 is 17.8 Å². The van der Waals surface area contributed by atoms with Gasteiger partial charge in [0.15, 0.2) is 6.10 Å². The monoisotopic (exact) mass is 494 g/mol. The Morgan fingerprint density at radius 2 is 1.67 bits per heavy atom. The van der Waals surface area contributed by atoms with Crippen LogP contribution in [0.25, 0.3) is 21.9 Å². The second-order valence-electron chi connectivity index (χ2n) is 9.74. The van der Waals surface area contributed by atoms with Crippen LogP contribution in [0.4, 0.5) is 0 Å². The van der Waals surface area contributed by atoms with Crippen LogP contribution in [0.3, 0.4) is 0 Å². The molecule has 0 aliphatic rings. The lowest BCUT2D eigenvalue weighted by atomic mass is 9.91. The van der Waals surface area contributed by atoms with Gasteiger partial charge in [-0.05, 0) is 68.3 Å². The molecular weight excluding hydrogens is 464 g/mol. The Kier molecular flexibility index (Phi) is 7.35. The number of aliphatic carboxylic acids is 2. The van der Waals surface area contributed by atoms with Crippen molar-refractivity contribution in [3.63, 3.8) is 0 Å². The topological polar surface area (TPSA) is 135 Å². The van der Waals surface area contributed by atoms with Gasteiger partial charge in [-0.15, -0.1) is 0 Å². The Balaban J connectivity index is 2.35. The molecule has 1 amide bonds. The summed E-state index contributed by atoms with van der Waals surface area (Å²) in [6, 6.07) is 10.7. The normalized spacial score (nSPS) is 12.4. The predicted molar refractivity (Wildman–Crippen MR) is 135 cm³/mol. The second kappa shape index (κ2) is 9.94. The number of pyridine rings is 1. The smallest absolute Gasteiger partial charge is 0.394 e. The van der Waals surface area contributed by atoms with Crippen LogP contribution in [-0.4, -0.2) is 38.2 Å². The minimum atomic E-state index is -1.60. The van der Waals surface area contributed by atoms with E-state index in [0.29, 0.717) is 21.9 Å². The minimum Gasteiger partial charge on any atom is -0.479 e. The molecule has 0 aliphatic carbocycles. The van der Waals surface area contributed by atoms with Crippen LogP contribution in [0.5, 0.6) is 0 Å². The van der Waals surface area contributed by atoms with Crippen LogP contribution >= 0.6 is 0 Å². The zero-order chi connectivity index (χ0) is 26.9. The molecule has 1 atom stereocenters. The highest BCUT2D eigenvalue weighted by Crippen LogP contribution is 2.37. The highest BCUT2D eigenvalue weighted by Gasteiger charge is 2.33. The van der Waals surface area contributed by atoms with Crippen LogP contribution < -0.4 is 10.9 Å². The molecule has 1 unspecified atom stereocenters. The lowest BCUT2D eigenvalue weighted by molar-refractivity contribution is -0.161. The molecule has 36 heavy (non-hydrogen) atoms. The highest BCUT2D eigenvalue weighted by molar-refractivity contribution is 6.31. The number of carbonyl (C=O) groups excluding carboxylic acids is 1. The Labute approximate surface area is 208 Å². The van der Waals surface area contributed by atoms with E-state index < -0.39 is 35.1 Å². The number of fused-ring (bicyclic) bond motifs is 1. The fourth-order valence-corrected chi connectivity index (χ4v) is 4.03. The van der Waals surface area contributed by atoms with Crippen molar-refractivity contribution in [2.45, 2.75) is 52.9 Å². The van der Waals surface area contributed by atoms with Gasteiger partial charge in [-0.25, -0.2) is 9.59 Å². The van der Waals surface area contributed by atoms with E-state index in [2.05, 4.69) is 5.32 Å². The summed E-state index contributed by atoms with van der Waals surface area (Å²) in [7, 11) is 1.50. The first-order chi connectivity index (χ1) is 16.7. The van der Waals surface area contributed by atoms with Crippen LogP contribution in [0, 0.1) is 13.8 Å². The Bertz CT molecular complexity index is 1430. The number of carboxylic acid groups (broad SMARTS) is 2. The van der Waals surface area contributed by atoms with Gasteiger partial charge in [-0.1, -0.05) is 30.3 Å². The van der Waals surface area contributed by atoms with Gasteiger partial charge in [0.05, 0.1) is 11.3 Å². The number of amides is 1. The molecular formula is C27H30N2O7. The van der Waals surface area contributed by atoms with Gasteiger partial charge in [0.2, 0.25) is 0 Å². The number of hydrogen-bond donors (Lipinski definition) is 3. The number of aromatic nitrogens is 1. The van der Waals surface area contributed by atoms with E-state index in [1.807, 2.05) is 32.0 Å². The summed E-state index contributed by atoms with van der Waals surface area (Å²) in [4.78, 5) is 48.2. The molecule has 0 radical (unpaired) electrons. The Hall–Kier alpha value is -3.98. The van der Waals surface area contributed by atoms with Crippen molar-refractivity contribution in [2.24, 2.45) is 7.05 Å². The number of ether oxygens (including phenoxy) is 1. The van der Waals surface area contributed by atoms with Crippen LogP contribution in [0.1, 0.15) is 49.3 Å². The summed E-state index contributed by atoms with van der Waals surface area (Å²) in [5, 5.41) is 22.0. The molecule has 0 bridgehead atoms. The molecule has 9 nitrogen and oxygen atoms in total. The summed E-state index contributed by atoms with van der Waals surface area (Å²) in [5.41, 5.74) is 2.82. The maximum atomic E-state index is 13.5. The van der Waals surface area contributed by atoms with Crippen LogP contribution in [-0.2, 0) is 32.7 Å². The van der Waals surface area contributed by atoms with Crippen molar-refractivity contribution in [3.8, 4) is 11.1 Å². The Morgan fingerprint density at radius 1 is 1.00 bits per heavy atom. The van der Waals surface area contributed by atoms with Gasteiger partial charge in [0.25, 0.3) is 5.56 Å². The summed E-state index contributed by atoms with van der Waals surface area (Å²) in [6.07, 6.45) is -1.42. The van der Waals surface area contributed by atoms with Gasteiger partial charge in [0, 0.05) is 24.5 Å². The van der Waals surface area contributed by atoms with Gasteiger partial charge in [-0.2, -0.15) is 0 Å². The third kappa shape index (κ3) is 5.46. The van der Waals surface area contributed by atoms with Crippen molar-refractivity contribution >= 4 is 28.6 Å². The van der Waals surface area contributed by atoms with Crippen molar-refractivity contribution in [2.75, 3.05) is 0 Å². The lowest BCUT2D eigenvalue weighted by Gasteiger charge is -2.28.